The second kappa shape index (κ2) is 5.68. The van der Waals surface area contributed by atoms with Gasteiger partial charge in [-0.3, -0.25) is 0 Å². The van der Waals surface area contributed by atoms with Crippen molar-refractivity contribution in [2.75, 3.05) is 0 Å². The van der Waals surface area contributed by atoms with Gasteiger partial charge in [0.05, 0.1) is 0 Å². The van der Waals surface area contributed by atoms with Crippen LogP contribution in [0.3, 0.4) is 0 Å². The van der Waals surface area contributed by atoms with E-state index in [0.717, 1.165) is 13.1 Å². The largest absolute Gasteiger partial charge is 0.308 e. The van der Waals surface area contributed by atoms with Gasteiger partial charge in [-0.25, -0.2) is 0 Å². The highest BCUT2D eigenvalue weighted by atomic mass is 32.1. The fourth-order valence-corrected chi connectivity index (χ4v) is 2.98. The molecule has 0 spiro atoms. The van der Waals surface area contributed by atoms with Gasteiger partial charge in [-0.05, 0) is 67.0 Å². The Morgan fingerprint density at radius 1 is 0.889 bits per heavy atom. The summed E-state index contributed by atoms with van der Waals surface area (Å²) in [6, 6.07) is 6.77. The number of aryl methyl sites for hydroxylation is 4. The molecule has 0 saturated heterocycles. The van der Waals surface area contributed by atoms with Crippen LogP contribution in [-0.4, -0.2) is 0 Å². The molecule has 0 fully saturated rings. The molecule has 0 atom stereocenters. The Labute approximate surface area is 114 Å². The molecule has 0 amide bonds. The molecule has 96 valence electrons. The van der Waals surface area contributed by atoms with Crippen molar-refractivity contribution in [2.45, 2.75) is 40.8 Å². The molecule has 1 aromatic carbocycles. The fourth-order valence-electron chi connectivity index (χ4n) is 2.11. The van der Waals surface area contributed by atoms with E-state index < -0.39 is 0 Å². The Morgan fingerprint density at radius 2 is 1.61 bits per heavy atom. The van der Waals surface area contributed by atoms with Crippen LogP contribution in [0.25, 0.3) is 0 Å². The first-order chi connectivity index (χ1) is 8.58. The molecule has 0 radical (unpaired) electrons. The van der Waals surface area contributed by atoms with Crippen LogP contribution in [0, 0.1) is 27.7 Å². The first-order valence-corrected chi connectivity index (χ1v) is 7.26. The van der Waals surface area contributed by atoms with E-state index in [1.807, 2.05) is 11.3 Å². The third-order valence-electron chi connectivity index (χ3n) is 3.52. The Kier molecular flexibility index (Phi) is 4.20. The highest BCUT2D eigenvalue weighted by Gasteiger charge is 2.03. The van der Waals surface area contributed by atoms with Gasteiger partial charge in [-0.2, -0.15) is 0 Å². The summed E-state index contributed by atoms with van der Waals surface area (Å²) >= 11 is 1.83. The number of nitrogens with one attached hydrogen (secondary N) is 1. The van der Waals surface area contributed by atoms with Crippen molar-refractivity contribution >= 4 is 11.3 Å². The minimum absolute atomic E-state index is 0.949. The molecule has 0 saturated carbocycles. The molecule has 0 unspecified atom stereocenters. The number of hydrogen-bond acceptors (Lipinski definition) is 2. The van der Waals surface area contributed by atoms with Crippen LogP contribution in [0.5, 0.6) is 0 Å². The number of rotatable bonds is 4. The summed E-state index contributed by atoms with van der Waals surface area (Å²) in [5, 5.41) is 5.70. The average molecular weight is 259 g/mol. The lowest BCUT2D eigenvalue weighted by Gasteiger charge is -2.11. The van der Waals surface area contributed by atoms with E-state index in [4.69, 9.17) is 0 Å². The molecule has 0 aliphatic rings. The molecule has 0 aliphatic heterocycles. The van der Waals surface area contributed by atoms with E-state index in [2.05, 4.69) is 56.6 Å². The van der Waals surface area contributed by atoms with Crippen LogP contribution in [0.15, 0.2) is 23.6 Å². The van der Waals surface area contributed by atoms with E-state index >= 15 is 0 Å². The van der Waals surface area contributed by atoms with Gasteiger partial charge in [0.25, 0.3) is 0 Å². The van der Waals surface area contributed by atoms with Gasteiger partial charge < -0.3 is 5.32 Å². The molecule has 1 aromatic heterocycles. The lowest BCUT2D eigenvalue weighted by molar-refractivity contribution is 0.695. The highest BCUT2D eigenvalue weighted by Crippen LogP contribution is 2.17. The molecule has 18 heavy (non-hydrogen) atoms. The molecular weight excluding hydrogens is 238 g/mol. The van der Waals surface area contributed by atoms with Crippen LogP contribution in [0.4, 0.5) is 0 Å². The molecular formula is C16H21NS. The maximum absolute atomic E-state index is 3.54. The number of thiophene rings is 1. The van der Waals surface area contributed by atoms with Crippen molar-refractivity contribution in [3.8, 4) is 0 Å². The van der Waals surface area contributed by atoms with E-state index in [1.54, 1.807) is 0 Å². The van der Waals surface area contributed by atoms with Crippen molar-refractivity contribution in [1.29, 1.82) is 0 Å². The molecule has 1 N–H and O–H groups in total. The van der Waals surface area contributed by atoms with E-state index in [0.29, 0.717) is 0 Å². The number of hydrogen-bond donors (Lipinski definition) is 1. The third kappa shape index (κ3) is 3.01. The molecule has 2 heteroatoms. The van der Waals surface area contributed by atoms with Gasteiger partial charge in [0.1, 0.15) is 0 Å². The summed E-state index contributed by atoms with van der Waals surface area (Å²) < 4.78 is 0. The lowest BCUT2D eigenvalue weighted by Crippen LogP contribution is -2.13. The molecule has 1 nitrogen and oxygen atoms in total. The van der Waals surface area contributed by atoms with E-state index in [-0.39, 0.29) is 0 Å². The van der Waals surface area contributed by atoms with Gasteiger partial charge in [-0.1, -0.05) is 12.1 Å². The summed E-state index contributed by atoms with van der Waals surface area (Å²) in [5.41, 5.74) is 6.94. The predicted molar refractivity (Wildman–Crippen MR) is 80.3 cm³/mol. The van der Waals surface area contributed by atoms with Crippen LogP contribution < -0.4 is 5.32 Å². The van der Waals surface area contributed by atoms with Crippen molar-refractivity contribution in [1.82, 2.24) is 5.32 Å². The lowest BCUT2D eigenvalue weighted by atomic mass is 10.0. The average Bonchev–Trinajstić information content (AvgIpc) is 2.72. The fraction of sp³-hybridized carbons (Fsp3) is 0.375. The van der Waals surface area contributed by atoms with Gasteiger partial charge in [0.2, 0.25) is 0 Å². The van der Waals surface area contributed by atoms with Crippen molar-refractivity contribution in [3.63, 3.8) is 0 Å². The first kappa shape index (κ1) is 13.3. The van der Waals surface area contributed by atoms with Gasteiger partial charge in [0, 0.05) is 18.0 Å². The summed E-state index contributed by atoms with van der Waals surface area (Å²) in [6.45, 7) is 10.6. The standard InChI is InChI=1S/C16H21NS/c1-11-5-6-18-16(11)10-17-9-15-8-13(3)12(2)7-14(15)4/h5-8,17H,9-10H2,1-4H3. The third-order valence-corrected chi connectivity index (χ3v) is 4.54. The molecule has 0 bridgehead atoms. The van der Waals surface area contributed by atoms with Crippen LogP contribution in [0.1, 0.15) is 32.7 Å². The maximum Gasteiger partial charge on any atom is 0.0305 e. The molecule has 2 rings (SSSR count). The molecule has 2 aromatic rings. The van der Waals surface area contributed by atoms with Gasteiger partial charge >= 0.3 is 0 Å². The summed E-state index contributed by atoms with van der Waals surface area (Å²) in [4.78, 5) is 1.44. The minimum Gasteiger partial charge on any atom is -0.308 e. The van der Waals surface area contributed by atoms with Crippen molar-refractivity contribution < 1.29 is 0 Å². The first-order valence-electron chi connectivity index (χ1n) is 6.38. The molecule has 0 aliphatic carbocycles. The Morgan fingerprint density at radius 3 is 2.28 bits per heavy atom. The summed E-state index contributed by atoms with van der Waals surface area (Å²) in [7, 11) is 0. The SMILES string of the molecule is Cc1cc(C)c(CNCc2sccc2C)cc1C. The zero-order chi connectivity index (χ0) is 13.1. The van der Waals surface area contributed by atoms with E-state index in [9.17, 15) is 0 Å². The Hall–Kier alpha value is -1.12. The Balaban J connectivity index is 1.99. The van der Waals surface area contributed by atoms with Crippen molar-refractivity contribution in [3.05, 3.63) is 56.3 Å². The van der Waals surface area contributed by atoms with E-state index in [1.165, 1.54) is 32.7 Å². The normalized spacial score (nSPS) is 10.9. The van der Waals surface area contributed by atoms with Crippen LogP contribution in [0.2, 0.25) is 0 Å². The van der Waals surface area contributed by atoms with Crippen LogP contribution >= 0.6 is 11.3 Å². The summed E-state index contributed by atoms with van der Waals surface area (Å²) in [6.07, 6.45) is 0. The monoisotopic (exact) mass is 259 g/mol. The van der Waals surface area contributed by atoms with Crippen LogP contribution in [-0.2, 0) is 13.1 Å². The summed E-state index contributed by atoms with van der Waals surface area (Å²) in [5.74, 6) is 0. The van der Waals surface area contributed by atoms with Gasteiger partial charge in [0.15, 0.2) is 0 Å². The number of benzene rings is 1. The minimum atomic E-state index is 0.949. The second-order valence-corrected chi connectivity index (χ2v) is 5.99. The maximum atomic E-state index is 3.54. The van der Waals surface area contributed by atoms with Crippen molar-refractivity contribution in [2.24, 2.45) is 0 Å². The topological polar surface area (TPSA) is 12.0 Å². The zero-order valence-electron chi connectivity index (χ0n) is 11.6. The molecule has 1 heterocycles. The quantitative estimate of drug-likeness (QED) is 0.864. The second-order valence-electron chi connectivity index (χ2n) is 4.99. The Bertz CT molecular complexity index is 540. The zero-order valence-corrected chi connectivity index (χ0v) is 12.4. The van der Waals surface area contributed by atoms with Gasteiger partial charge in [-0.15, -0.1) is 11.3 Å². The smallest absolute Gasteiger partial charge is 0.0305 e. The predicted octanol–water partition coefficient (Wildman–Crippen LogP) is 4.27. The highest BCUT2D eigenvalue weighted by molar-refractivity contribution is 7.10.